The zero-order valence-electron chi connectivity index (χ0n) is 10.4. The van der Waals surface area contributed by atoms with Crippen molar-refractivity contribution in [1.29, 1.82) is 0 Å². The lowest BCUT2D eigenvalue weighted by Crippen LogP contribution is -2.20. The number of methoxy groups -OCH3 is 2. The lowest BCUT2D eigenvalue weighted by molar-refractivity contribution is -0.0441. The molecule has 1 fully saturated rings. The van der Waals surface area contributed by atoms with E-state index in [0.29, 0.717) is 6.10 Å². The van der Waals surface area contributed by atoms with E-state index >= 15 is 0 Å². The zero-order chi connectivity index (χ0) is 11.6. The Labute approximate surface area is 100 Å². The molecule has 1 atom stereocenters. The van der Waals surface area contributed by atoms with Crippen LogP contribution in [0.15, 0.2) is 0 Å². The van der Waals surface area contributed by atoms with E-state index in [4.69, 9.17) is 18.9 Å². The van der Waals surface area contributed by atoms with E-state index in [1.54, 1.807) is 14.2 Å². The molecule has 0 saturated carbocycles. The molecule has 16 heavy (non-hydrogen) atoms. The number of ether oxygens (including phenoxy) is 4. The van der Waals surface area contributed by atoms with E-state index in [2.05, 4.69) is 0 Å². The van der Waals surface area contributed by atoms with Crippen LogP contribution < -0.4 is 0 Å². The monoisotopic (exact) mass is 248 g/mol. The maximum atomic E-state index is 5.46. The molecule has 1 aliphatic heterocycles. The molecule has 1 rings (SSSR count). The van der Waals surface area contributed by atoms with Gasteiger partial charge in [-0.1, -0.05) is 18.9 Å². The smallest absolute Gasteiger partial charge is 0.134 e. The molecular formula is C11H24O4Si. The molecule has 0 N–H and O–H groups in total. The first kappa shape index (κ1) is 14.1. The van der Waals surface area contributed by atoms with E-state index in [0.717, 1.165) is 26.2 Å². The van der Waals surface area contributed by atoms with E-state index in [1.165, 1.54) is 18.9 Å². The summed E-state index contributed by atoms with van der Waals surface area (Å²) in [6, 6.07) is 1.29. The molecule has 1 aliphatic rings. The maximum absolute atomic E-state index is 5.46. The van der Waals surface area contributed by atoms with Crippen molar-refractivity contribution in [2.24, 2.45) is 0 Å². The summed E-state index contributed by atoms with van der Waals surface area (Å²) < 4.78 is 20.9. The summed E-state index contributed by atoms with van der Waals surface area (Å²) in [4.78, 5) is 0. The van der Waals surface area contributed by atoms with Crippen LogP contribution in [0.2, 0.25) is 6.04 Å². The topological polar surface area (TPSA) is 40.2 Å². The molecule has 0 aromatic heterocycles. The fourth-order valence-electron chi connectivity index (χ4n) is 1.58. The highest BCUT2D eigenvalue weighted by Gasteiger charge is 2.21. The van der Waals surface area contributed by atoms with Crippen molar-refractivity contribution in [1.82, 2.24) is 0 Å². The Morgan fingerprint density at radius 2 is 2.00 bits per heavy atom. The number of hydrogen-bond donors (Lipinski definition) is 0. The molecule has 96 valence electrons. The number of unbranched alkanes of at least 4 members (excludes halogenated alkanes) is 2. The molecule has 0 radical (unpaired) electrons. The van der Waals surface area contributed by atoms with Gasteiger partial charge in [-0.05, 0) is 6.42 Å². The molecule has 1 unspecified atom stereocenters. The van der Waals surface area contributed by atoms with Crippen LogP contribution in [-0.4, -0.2) is 55.6 Å². The van der Waals surface area contributed by atoms with Crippen molar-refractivity contribution in [3.8, 4) is 0 Å². The minimum absolute atomic E-state index is 0.100. The molecule has 0 amide bonds. The summed E-state index contributed by atoms with van der Waals surface area (Å²) in [6.07, 6.45) is 4.08. The van der Waals surface area contributed by atoms with Crippen LogP contribution in [0.25, 0.3) is 0 Å². The molecule has 0 aliphatic carbocycles. The summed E-state index contributed by atoms with van der Waals surface area (Å²) in [5.74, 6) is 0.100. The molecule has 5 heteroatoms. The summed E-state index contributed by atoms with van der Waals surface area (Å²) in [5.41, 5.74) is 0. The van der Waals surface area contributed by atoms with Crippen molar-refractivity contribution in [3.05, 3.63) is 0 Å². The average Bonchev–Trinajstić information content (AvgIpc) is 3.11. The number of epoxide rings is 1. The lowest BCUT2D eigenvalue weighted by Gasteiger charge is -2.12. The molecule has 1 heterocycles. The molecule has 0 bridgehead atoms. The van der Waals surface area contributed by atoms with Crippen LogP contribution in [0.4, 0.5) is 0 Å². The molecule has 4 nitrogen and oxygen atoms in total. The Kier molecular flexibility index (Phi) is 8.05. The Balaban J connectivity index is 1.73. The normalized spacial score (nSPS) is 20.1. The van der Waals surface area contributed by atoms with Gasteiger partial charge in [-0.3, -0.25) is 0 Å². The molecule has 0 spiro atoms. The standard InChI is InChI=1S/C11H24O4Si/c1-12-11(13-2)16-7-5-3-4-6-14-8-10-9-15-10/h10-11H,3-9,16H2,1-2H3. The van der Waals surface area contributed by atoms with Gasteiger partial charge in [-0.2, -0.15) is 0 Å². The first-order valence-electron chi connectivity index (χ1n) is 6.11. The van der Waals surface area contributed by atoms with Gasteiger partial charge >= 0.3 is 0 Å². The van der Waals surface area contributed by atoms with Crippen molar-refractivity contribution in [2.75, 3.05) is 34.0 Å². The minimum atomic E-state index is -0.222. The fraction of sp³-hybridized carbons (Fsp3) is 1.00. The second-order valence-corrected chi connectivity index (χ2v) is 6.09. The summed E-state index contributed by atoms with van der Waals surface area (Å²) in [6.45, 7) is 2.55. The van der Waals surface area contributed by atoms with Gasteiger partial charge in [0.15, 0.2) is 0 Å². The Morgan fingerprint density at radius 3 is 2.62 bits per heavy atom. The van der Waals surface area contributed by atoms with Gasteiger partial charge in [0.2, 0.25) is 0 Å². The van der Waals surface area contributed by atoms with Crippen molar-refractivity contribution >= 4 is 9.52 Å². The van der Waals surface area contributed by atoms with Crippen LogP contribution in [0, 0.1) is 0 Å². The van der Waals surface area contributed by atoms with Gasteiger partial charge in [-0.15, -0.1) is 0 Å². The highest BCUT2D eigenvalue weighted by atomic mass is 28.2. The lowest BCUT2D eigenvalue weighted by atomic mass is 10.3. The van der Waals surface area contributed by atoms with Crippen LogP contribution >= 0.6 is 0 Å². The third-order valence-corrected chi connectivity index (χ3v) is 4.76. The van der Waals surface area contributed by atoms with E-state index in [1.807, 2.05) is 0 Å². The Bertz CT molecular complexity index is 160. The predicted octanol–water partition coefficient (Wildman–Crippen LogP) is 0.736. The second kappa shape index (κ2) is 9.12. The SMILES string of the molecule is COC(OC)[SiH2]CCCCCOCC1CO1. The third kappa shape index (κ3) is 7.35. The first-order chi connectivity index (χ1) is 7.86. The molecule has 1 saturated heterocycles. The Morgan fingerprint density at radius 1 is 1.25 bits per heavy atom. The molecule has 0 aromatic carbocycles. The highest BCUT2D eigenvalue weighted by molar-refractivity contribution is 6.36. The average molecular weight is 248 g/mol. The van der Waals surface area contributed by atoms with E-state index in [-0.39, 0.29) is 15.4 Å². The van der Waals surface area contributed by atoms with Crippen LogP contribution in [0.5, 0.6) is 0 Å². The summed E-state index contributed by atoms with van der Waals surface area (Å²) >= 11 is 0. The van der Waals surface area contributed by atoms with Gasteiger partial charge in [0, 0.05) is 20.8 Å². The van der Waals surface area contributed by atoms with Gasteiger partial charge in [0.25, 0.3) is 0 Å². The number of hydrogen-bond acceptors (Lipinski definition) is 4. The molecular weight excluding hydrogens is 224 g/mol. The van der Waals surface area contributed by atoms with Crippen molar-refractivity contribution < 1.29 is 18.9 Å². The van der Waals surface area contributed by atoms with Gasteiger partial charge in [-0.25, -0.2) is 0 Å². The first-order valence-corrected chi connectivity index (χ1v) is 7.93. The van der Waals surface area contributed by atoms with Crippen LogP contribution in [0.1, 0.15) is 19.3 Å². The maximum Gasteiger partial charge on any atom is 0.134 e. The predicted molar refractivity (Wildman–Crippen MR) is 65.6 cm³/mol. The van der Waals surface area contributed by atoms with Gasteiger partial charge in [0.1, 0.15) is 12.0 Å². The highest BCUT2D eigenvalue weighted by Crippen LogP contribution is 2.09. The quantitative estimate of drug-likeness (QED) is 0.234. The minimum Gasteiger partial charge on any atom is -0.379 e. The van der Waals surface area contributed by atoms with E-state index in [9.17, 15) is 0 Å². The van der Waals surface area contributed by atoms with Crippen molar-refractivity contribution in [3.63, 3.8) is 0 Å². The summed E-state index contributed by atoms with van der Waals surface area (Å²) in [5, 5.41) is 0. The van der Waals surface area contributed by atoms with Crippen molar-refractivity contribution in [2.45, 2.75) is 37.3 Å². The van der Waals surface area contributed by atoms with Gasteiger partial charge < -0.3 is 18.9 Å². The Hall–Kier alpha value is 0.0569. The second-order valence-electron chi connectivity index (χ2n) is 4.13. The van der Waals surface area contributed by atoms with Crippen LogP contribution in [0.3, 0.4) is 0 Å². The number of rotatable bonds is 11. The zero-order valence-corrected chi connectivity index (χ0v) is 11.9. The third-order valence-electron chi connectivity index (χ3n) is 2.71. The van der Waals surface area contributed by atoms with Crippen LogP contribution in [-0.2, 0) is 18.9 Å². The van der Waals surface area contributed by atoms with Gasteiger partial charge in [0.05, 0.1) is 22.7 Å². The fourth-order valence-corrected chi connectivity index (χ4v) is 3.03. The largest absolute Gasteiger partial charge is 0.379 e. The molecule has 0 aromatic rings. The van der Waals surface area contributed by atoms with E-state index < -0.39 is 0 Å². The summed E-state index contributed by atoms with van der Waals surface area (Å²) in [7, 11) is 3.21.